The topological polar surface area (TPSA) is 85.4 Å². The first-order valence-electron chi connectivity index (χ1n) is 8.34. The Morgan fingerprint density at radius 2 is 1.71 bits per heavy atom. The first-order valence-corrected chi connectivity index (χ1v) is 8.34. The van der Waals surface area contributed by atoms with Gasteiger partial charge in [-0.3, -0.25) is 4.79 Å². The minimum Gasteiger partial charge on any atom is -0.486 e. The molecule has 1 aliphatic rings. The molecule has 0 aliphatic carbocycles. The summed E-state index contributed by atoms with van der Waals surface area (Å²) in [6, 6.07) is 9.76. The lowest BCUT2D eigenvalue weighted by Gasteiger charge is -2.19. The highest BCUT2D eigenvalue weighted by molar-refractivity contribution is 6.03. The molecule has 2 aromatic carbocycles. The van der Waals surface area contributed by atoms with Crippen molar-refractivity contribution in [3.05, 3.63) is 66.0 Å². The van der Waals surface area contributed by atoms with E-state index in [4.69, 9.17) is 9.47 Å². The fourth-order valence-electron chi connectivity index (χ4n) is 2.56. The maximum atomic E-state index is 13.3. The lowest BCUT2D eigenvalue weighted by Crippen LogP contribution is -2.16. The second-order valence-corrected chi connectivity index (χ2v) is 5.83. The van der Waals surface area contributed by atoms with Crippen molar-refractivity contribution in [2.45, 2.75) is 0 Å². The number of hydrogen-bond donors (Lipinski definition) is 2. The lowest BCUT2D eigenvalue weighted by atomic mass is 10.2. The third-order valence-corrected chi connectivity index (χ3v) is 3.86. The van der Waals surface area contributed by atoms with E-state index in [0.717, 1.165) is 12.1 Å². The molecular formula is C19H14F2N4O3. The molecule has 1 aromatic heterocycles. The van der Waals surface area contributed by atoms with Gasteiger partial charge in [-0.2, -0.15) is 0 Å². The van der Waals surface area contributed by atoms with Gasteiger partial charge in [0.1, 0.15) is 18.9 Å². The second-order valence-electron chi connectivity index (χ2n) is 5.83. The smallest absolute Gasteiger partial charge is 0.274 e. The number of amides is 1. The molecule has 142 valence electrons. The van der Waals surface area contributed by atoms with E-state index in [1.807, 2.05) is 0 Å². The summed E-state index contributed by atoms with van der Waals surface area (Å²) in [5.74, 6) is -1.19. The van der Waals surface area contributed by atoms with E-state index < -0.39 is 17.5 Å². The number of ether oxygens (including phenoxy) is 2. The van der Waals surface area contributed by atoms with Gasteiger partial charge in [-0.25, -0.2) is 18.7 Å². The van der Waals surface area contributed by atoms with E-state index in [2.05, 4.69) is 20.6 Å². The van der Waals surface area contributed by atoms with Gasteiger partial charge in [-0.1, -0.05) is 0 Å². The van der Waals surface area contributed by atoms with Gasteiger partial charge in [0.05, 0.1) is 0 Å². The van der Waals surface area contributed by atoms with Crippen molar-refractivity contribution in [1.82, 2.24) is 9.97 Å². The Morgan fingerprint density at radius 3 is 2.54 bits per heavy atom. The molecule has 4 rings (SSSR count). The maximum Gasteiger partial charge on any atom is 0.274 e. The largest absolute Gasteiger partial charge is 0.486 e. The molecule has 1 aliphatic heterocycles. The highest BCUT2D eigenvalue weighted by atomic mass is 19.2. The van der Waals surface area contributed by atoms with E-state index in [9.17, 15) is 13.6 Å². The van der Waals surface area contributed by atoms with Gasteiger partial charge in [-0.15, -0.1) is 0 Å². The monoisotopic (exact) mass is 384 g/mol. The van der Waals surface area contributed by atoms with Crippen LogP contribution in [0.4, 0.5) is 26.1 Å². The average molecular weight is 384 g/mol. The predicted molar refractivity (Wildman–Crippen MR) is 97.1 cm³/mol. The molecule has 0 saturated heterocycles. The van der Waals surface area contributed by atoms with Crippen LogP contribution in [0.15, 0.2) is 48.7 Å². The van der Waals surface area contributed by atoms with Crippen molar-refractivity contribution >= 4 is 23.2 Å². The minimum absolute atomic E-state index is 0.0553. The highest BCUT2D eigenvalue weighted by Gasteiger charge is 2.14. The van der Waals surface area contributed by atoms with E-state index in [1.165, 1.54) is 18.3 Å². The van der Waals surface area contributed by atoms with Gasteiger partial charge in [0.15, 0.2) is 23.1 Å². The van der Waals surface area contributed by atoms with Crippen LogP contribution in [0.25, 0.3) is 0 Å². The molecule has 9 heteroatoms. The number of anilines is 3. The molecule has 0 unspecified atom stereocenters. The Hall–Kier alpha value is -3.75. The van der Waals surface area contributed by atoms with Crippen molar-refractivity contribution in [2.24, 2.45) is 0 Å². The number of aromatic nitrogens is 2. The molecule has 1 amide bonds. The quantitative estimate of drug-likeness (QED) is 0.716. The van der Waals surface area contributed by atoms with Gasteiger partial charge in [0, 0.05) is 29.7 Å². The molecule has 3 aromatic rings. The van der Waals surface area contributed by atoms with Crippen LogP contribution >= 0.6 is 0 Å². The summed E-state index contributed by atoms with van der Waals surface area (Å²) in [6.45, 7) is 0.963. The van der Waals surface area contributed by atoms with Crippen LogP contribution in [0.2, 0.25) is 0 Å². The van der Waals surface area contributed by atoms with Crippen molar-refractivity contribution < 1.29 is 23.0 Å². The zero-order valence-corrected chi connectivity index (χ0v) is 14.4. The third kappa shape index (κ3) is 3.83. The van der Waals surface area contributed by atoms with Gasteiger partial charge >= 0.3 is 0 Å². The number of benzene rings is 2. The molecule has 0 spiro atoms. The van der Waals surface area contributed by atoms with Crippen LogP contribution in [0, 0.1) is 11.6 Å². The van der Waals surface area contributed by atoms with Gasteiger partial charge < -0.3 is 20.1 Å². The average Bonchev–Trinajstić information content (AvgIpc) is 2.71. The molecule has 7 nitrogen and oxygen atoms in total. The fourth-order valence-corrected chi connectivity index (χ4v) is 2.56. The van der Waals surface area contributed by atoms with Gasteiger partial charge in [0.2, 0.25) is 5.95 Å². The number of carbonyl (C=O) groups excluding carboxylic acids is 1. The first-order chi connectivity index (χ1) is 13.6. The maximum absolute atomic E-state index is 13.3. The molecule has 0 fully saturated rings. The van der Waals surface area contributed by atoms with Crippen LogP contribution in [0.1, 0.15) is 10.5 Å². The van der Waals surface area contributed by atoms with E-state index in [1.54, 1.807) is 18.2 Å². The Labute approximate surface area is 158 Å². The van der Waals surface area contributed by atoms with Crippen molar-refractivity contribution in [2.75, 3.05) is 23.8 Å². The van der Waals surface area contributed by atoms with Crippen molar-refractivity contribution in [3.8, 4) is 11.5 Å². The molecule has 0 bridgehead atoms. The summed E-state index contributed by atoms with van der Waals surface area (Å²) in [5, 5.41) is 5.44. The Balaban J connectivity index is 1.49. The fraction of sp³-hybridized carbons (Fsp3) is 0.105. The van der Waals surface area contributed by atoms with Crippen LogP contribution < -0.4 is 20.1 Å². The second kappa shape index (κ2) is 7.47. The summed E-state index contributed by atoms with van der Waals surface area (Å²) < 4.78 is 37.3. The SMILES string of the molecule is O=C(Nc1ccc(F)c(F)c1)c1ccnc(Nc2ccc3c(c2)OCCO3)n1. The molecule has 2 N–H and O–H groups in total. The number of hydrogen-bond acceptors (Lipinski definition) is 6. The van der Waals surface area contributed by atoms with E-state index >= 15 is 0 Å². The summed E-state index contributed by atoms with van der Waals surface area (Å²) >= 11 is 0. The van der Waals surface area contributed by atoms with E-state index in [-0.39, 0.29) is 17.3 Å². The van der Waals surface area contributed by atoms with Crippen molar-refractivity contribution in [3.63, 3.8) is 0 Å². The number of halogens is 2. The van der Waals surface area contributed by atoms with Crippen LogP contribution in [-0.2, 0) is 0 Å². The number of fused-ring (bicyclic) bond motifs is 1. The lowest BCUT2D eigenvalue weighted by molar-refractivity contribution is 0.102. The summed E-state index contributed by atoms with van der Waals surface area (Å²) in [5.41, 5.74) is 0.825. The number of nitrogens with one attached hydrogen (secondary N) is 2. The molecule has 0 saturated carbocycles. The number of nitrogens with zero attached hydrogens (tertiary/aromatic N) is 2. The summed E-state index contributed by atoms with van der Waals surface area (Å²) in [6.07, 6.45) is 1.41. The molecule has 0 radical (unpaired) electrons. The molecule has 0 atom stereocenters. The number of rotatable bonds is 4. The van der Waals surface area contributed by atoms with Gasteiger partial charge in [0.25, 0.3) is 5.91 Å². The summed E-state index contributed by atoms with van der Waals surface area (Å²) in [7, 11) is 0. The normalized spacial score (nSPS) is 12.4. The standard InChI is InChI=1S/C19H14F2N4O3/c20-13-3-1-11(9-14(13)21)23-18(26)15-5-6-22-19(25-15)24-12-2-4-16-17(10-12)28-8-7-27-16/h1-6,9-10H,7-8H2,(H,23,26)(H,22,24,25). The van der Waals surface area contributed by atoms with Crippen LogP contribution in [0.5, 0.6) is 11.5 Å². The number of carbonyl (C=O) groups is 1. The summed E-state index contributed by atoms with van der Waals surface area (Å²) in [4.78, 5) is 20.5. The Morgan fingerprint density at radius 1 is 0.929 bits per heavy atom. The predicted octanol–water partition coefficient (Wildman–Crippen LogP) is 3.52. The third-order valence-electron chi connectivity index (χ3n) is 3.86. The minimum atomic E-state index is -1.05. The highest BCUT2D eigenvalue weighted by Crippen LogP contribution is 2.33. The first kappa shape index (κ1) is 17.7. The molecule has 28 heavy (non-hydrogen) atoms. The van der Waals surface area contributed by atoms with Crippen molar-refractivity contribution in [1.29, 1.82) is 0 Å². The van der Waals surface area contributed by atoms with Crippen LogP contribution in [-0.4, -0.2) is 29.1 Å². The Bertz CT molecular complexity index is 1050. The Kier molecular flexibility index (Phi) is 4.71. The van der Waals surface area contributed by atoms with E-state index in [0.29, 0.717) is 30.4 Å². The molecular weight excluding hydrogens is 370 g/mol. The zero-order chi connectivity index (χ0) is 19.5. The molecule has 2 heterocycles. The van der Waals surface area contributed by atoms with Gasteiger partial charge in [-0.05, 0) is 30.3 Å². The zero-order valence-electron chi connectivity index (χ0n) is 14.4. The van der Waals surface area contributed by atoms with Crippen LogP contribution in [0.3, 0.4) is 0 Å².